The SMILES string of the molecule is CC(OP(=O)(OC(C)C(O)P(=O)(O)O)C1OC1C)C(O)P(=O)([O-])O. The lowest BCUT2D eigenvalue weighted by Gasteiger charge is -2.31. The van der Waals surface area contributed by atoms with Crippen LogP contribution in [0.2, 0.25) is 0 Å². The van der Waals surface area contributed by atoms with Gasteiger partial charge in [0.15, 0.2) is 19.3 Å². The normalized spacial score (nSPS) is 31.4. The van der Waals surface area contributed by atoms with E-state index in [4.69, 9.17) is 28.5 Å². The molecule has 0 spiro atoms. The third-order valence-electron chi connectivity index (χ3n) is 3.14. The molecule has 5 N–H and O–H groups in total. The highest BCUT2D eigenvalue weighted by molar-refractivity contribution is 7.55. The van der Waals surface area contributed by atoms with Gasteiger partial charge in [-0.1, -0.05) is 0 Å². The fourth-order valence-electron chi connectivity index (χ4n) is 1.76. The third-order valence-corrected chi connectivity index (χ3v) is 7.75. The van der Waals surface area contributed by atoms with Gasteiger partial charge in [-0.15, -0.1) is 0 Å². The van der Waals surface area contributed by atoms with E-state index >= 15 is 0 Å². The average molecular weight is 413 g/mol. The second-order valence-corrected chi connectivity index (χ2v) is 10.7. The van der Waals surface area contributed by atoms with Gasteiger partial charge in [-0.05, 0) is 20.8 Å². The molecular weight excluding hydrogens is 393 g/mol. The van der Waals surface area contributed by atoms with Crippen LogP contribution in [0.25, 0.3) is 0 Å². The van der Waals surface area contributed by atoms with Gasteiger partial charge >= 0.3 is 15.2 Å². The molecular formula is C9H20O12P3-. The lowest BCUT2D eigenvalue weighted by molar-refractivity contribution is -0.205. The maximum Gasteiger partial charge on any atom is 0.362 e. The van der Waals surface area contributed by atoms with Crippen molar-refractivity contribution in [3.8, 4) is 0 Å². The molecule has 15 heteroatoms. The lowest BCUT2D eigenvalue weighted by Crippen LogP contribution is -2.32. The summed E-state index contributed by atoms with van der Waals surface area (Å²) >= 11 is 0. The second kappa shape index (κ2) is 7.52. The summed E-state index contributed by atoms with van der Waals surface area (Å²) in [6.07, 6.45) is -4.00. The topological polar surface area (TPSA) is 206 Å². The summed E-state index contributed by atoms with van der Waals surface area (Å²) in [5.41, 5.74) is 0. The van der Waals surface area contributed by atoms with Crippen LogP contribution in [0.1, 0.15) is 20.8 Å². The molecule has 12 nitrogen and oxygen atoms in total. The molecule has 0 aliphatic carbocycles. The Kier molecular flexibility index (Phi) is 7.01. The number of ether oxygens (including phenoxy) is 1. The summed E-state index contributed by atoms with van der Waals surface area (Å²) in [6, 6.07) is 0. The molecule has 1 aliphatic heterocycles. The summed E-state index contributed by atoms with van der Waals surface area (Å²) in [4.78, 5) is 37.5. The van der Waals surface area contributed by atoms with Crippen molar-refractivity contribution in [2.24, 2.45) is 0 Å². The van der Waals surface area contributed by atoms with Crippen molar-refractivity contribution in [1.82, 2.24) is 0 Å². The minimum Gasteiger partial charge on any atom is -0.777 e. The van der Waals surface area contributed by atoms with Crippen LogP contribution in [0, 0.1) is 0 Å². The molecule has 0 aromatic rings. The quantitative estimate of drug-likeness (QED) is 0.230. The van der Waals surface area contributed by atoms with E-state index in [0.717, 1.165) is 13.8 Å². The molecule has 0 radical (unpaired) electrons. The summed E-state index contributed by atoms with van der Waals surface area (Å²) in [7, 11) is -14.5. The van der Waals surface area contributed by atoms with E-state index in [1.165, 1.54) is 6.92 Å². The molecule has 1 aliphatic rings. The minimum atomic E-state index is -5.21. The van der Waals surface area contributed by atoms with E-state index in [1.54, 1.807) is 0 Å². The molecule has 1 saturated heterocycles. The van der Waals surface area contributed by atoms with E-state index < -0.39 is 58.6 Å². The van der Waals surface area contributed by atoms with Crippen LogP contribution >= 0.6 is 22.8 Å². The highest BCUT2D eigenvalue weighted by Gasteiger charge is 2.55. The van der Waals surface area contributed by atoms with Crippen molar-refractivity contribution < 1.29 is 57.3 Å². The summed E-state index contributed by atoms with van der Waals surface area (Å²) in [5, 5.41) is 18.9. The number of rotatable bonds is 9. The predicted molar refractivity (Wildman–Crippen MR) is 76.9 cm³/mol. The first-order valence-electron chi connectivity index (χ1n) is 6.66. The number of hydrogen-bond donors (Lipinski definition) is 5. The summed E-state index contributed by atoms with van der Waals surface area (Å²) in [6.45, 7) is 3.47. The monoisotopic (exact) mass is 413 g/mol. The average Bonchev–Trinajstić information content (AvgIpc) is 3.12. The maximum atomic E-state index is 12.8. The van der Waals surface area contributed by atoms with E-state index in [9.17, 15) is 28.8 Å². The molecule has 0 bridgehead atoms. The Hall–Kier alpha value is 0.330. The summed E-state index contributed by atoms with van der Waals surface area (Å²) in [5.74, 6) is -5.90. The zero-order chi connectivity index (χ0) is 19.1. The van der Waals surface area contributed by atoms with E-state index in [-0.39, 0.29) is 0 Å². The van der Waals surface area contributed by atoms with Crippen LogP contribution in [0.15, 0.2) is 0 Å². The largest absolute Gasteiger partial charge is 0.777 e. The van der Waals surface area contributed by atoms with Crippen molar-refractivity contribution in [3.63, 3.8) is 0 Å². The molecule has 0 aromatic heterocycles. The van der Waals surface area contributed by atoms with Crippen LogP contribution in [-0.2, 0) is 27.5 Å². The summed E-state index contributed by atoms with van der Waals surface area (Å²) < 4.78 is 49.5. The smallest absolute Gasteiger partial charge is 0.362 e. The minimum absolute atomic E-state index is 0.632. The Morgan fingerprint density at radius 3 is 1.67 bits per heavy atom. The molecule has 1 rings (SSSR count). The fourth-order valence-corrected chi connectivity index (χ4v) is 5.46. The number of epoxide rings is 1. The standard InChI is InChI=1S/C9H21O12P3/c1-4(7(10)22(12,13)14)20-24(18,9-6(3)19-9)21-5(2)8(11)23(15,16)17/h4-11H,1-3H3,(H2,12,13,14)(H2,15,16,17)/p-1. The van der Waals surface area contributed by atoms with Crippen LogP contribution in [0.3, 0.4) is 0 Å². The van der Waals surface area contributed by atoms with Gasteiger partial charge < -0.3 is 48.1 Å². The van der Waals surface area contributed by atoms with Gasteiger partial charge in [0, 0.05) is 0 Å². The number of hydrogen-bond acceptors (Lipinski definition) is 9. The van der Waals surface area contributed by atoms with Gasteiger partial charge in [-0.2, -0.15) is 0 Å². The maximum absolute atomic E-state index is 12.8. The van der Waals surface area contributed by atoms with Gasteiger partial charge in [-0.25, -0.2) is 0 Å². The molecule has 144 valence electrons. The van der Waals surface area contributed by atoms with E-state index in [2.05, 4.69) is 0 Å². The van der Waals surface area contributed by atoms with E-state index in [0.29, 0.717) is 0 Å². The molecule has 24 heavy (non-hydrogen) atoms. The first-order valence-corrected chi connectivity index (χ1v) is 11.6. The van der Waals surface area contributed by atoms with E-state index in [1.807, 2.05) is 0 Å². The molecule has 0 amide bonds. The van der Waals surface area contributed by atoms with Crippen LogP contribution in [-0.4, -0.2) is 60.7 Å². The first kappa shape index (κ1) is 22.4. The van der Waals surface area contributed by atoms with Crippen LogP contribution in [0.5, 0.6) is 0 Å². The zero-order valence-corrected chi connectivity index (χ0v) is 15.6. The highest BCUT2D eigenvalue weighted by atomic mass is 31.2. The predicted octanol–water partition coefficient (Wildman–Crippen LogP) is -0.905. The zero-order valence-electron chi connectivity index (χ0n) is 12.9. The molecule has 0 aromatic carbocycles. The van der Waals surface area contributed by atoms with Crippen LogP contribution in [0.4, 0.5) is 0 Å². The third kappa shape index (κ3) is 5.67. The molecule has 8 atom stereocenters. The van der Waals surface area contributed by atoms with Gasteiger partial charge in [-0.3, -0.25) is 9.13 Å². The molecule has 1 fully saturated rings. The van der Waals surface area contributed by atoms with Crippen molar-refractivity contribution in [2.45, 2.75) is 56.6 Å². The van der Waals surface area contributed by atoms with Crippen molar-refractivity contribution in [3.05, 3.63) is 0 Å². The lowest BCUT2D eigenvalue weighted by atomic mass is 10.4. The Morgan fingerprint density at radius 2 is 1.38 bits per heavy atom. The number of aliphatic hydroxyl groups is 2. The van der Waals surface area contributed by atoms with Gasteiger partial charge in [0.1, 0.15) is 11.9 Å². The van der Waals surface area contributed by atoms with Gasteiger partial charge in [0.05, 0.1) is 12.2 Å². The fraction of sp³-hybridized carbons (Fsp3) is 1.00. The Morgan fingerprint density at radius 1 is 1.00 bits per heavy atom. The van der Waals surface area contributed by atoms with Crippen molar-refractivity contribution in [2.75, 3.05) is 0 Å². The highest BCUT2D eigenvalue weighted by Crippen LogP contribution is 2.64. The Labute approximate surface area is 137 Å². The number of aliphatic hydroxyl groups excluding tert-OH is 2. The second-order valence-electron chi connectivity index (χ2n) is 5.37. The van der Waals surface area contributed by atoms with Crippen molar-refractivity contribution in [1.29, 1.82) is 0 Å². The Balaban J connectivity index is 2.94. The van der Waals surface area contributed by atoms with Crippen LogP contribution < -0.4 is 4.89 Å². The molecule has 8 unspecified atom stereocenters. The first-order chi connectivity index (χ1) is 10.6. The van der Waals surface area contributed by atoms with Crippen molar-refractivity contribution >= 4 is 22.8 Å². The van der Waals surface area contributed by atoms with Gasteiger partial charge in [0.25, 0.3) is 0 Å². The molecule has 0 saturated carbocycles. The molecule has 1 heterocycles. The van der Waals surface area contributed by atoms with Gasteiger partial charge in [0.2, 0.25) is 0 Å². The Bertz CT molecular complexity index is 542.